The molecule has 3 fully saturated rings. The van der Waals surface area contributed by atoms with Crippen LogP contribution < -0.4 is 23.8 Å². The van der Waals surface area contributed by atoms with E-state index in [4.69, 9.17) is 42.1 Å². The summed E-state index contributed by atoms with van der Waals surface area (Å²) < 4.78 is 77.5. The van der Waals surface area contributed by atoms with Gasteiger partial charge in [-0.3, -0.25) is 14.2 Å². The van der Waals surface area contributed by atoms with Gasteiger partial charge in [-0.1, -0.05) is 29.3 Å². The predicted octanol–water partition coefficient (Wildman–Crippen LogP) is 7.55. The number of ether oxygens (including phenoxy) is 4. The summed E-state index contributed by atoms with van der Waals surface area (Å²) in [5, 5.41) is 3.96. The van der Waals surface area contributed by atoms with Crippen molar-refractivity contribution in [3.63, 3.8) is 0 Å². The Bertz CT molecular complexity index is 1900. The summed E-state index contributed by atoms with van der Waals surface area (Å²) in [6.07, 6.45) is 7.55. The molecule has 1 aliphatic heterocycles. The van der Waals surface area contributed by atoms with E-state index in [0.29, 0.717) is 60.4 Å². The van der Waals surface area contributed by atoms with Gasteiger partial charge in [0.25, 0.3) is 0 Å². The van der Waals surface area contributed by atoms with Crippen LogP contribution in [0, 0.1) is 11.8 Å². The fourth-order valence-electron chi connectivity index (χ4n) is 6.51. The van der Waals surface area contributed by atoms with Gasteiger partial charge in [-0.05, 0) is 99.2 Å². The van der Waals surface area contributed by atoms with E-state index in [-0.39, 0.29) is 45.8 Å². The molecule has 1 saturated heterocycles. The summed E-state index contributed by atoms with van der Waals surface area (Å²) in [5.41, 5.74) is 1.33. The highest BCUT2D eigenvalue weighted by Crippen LogP contribution is 2.39. The van der Waals surface area contributed by atoms with Crippen LogP contribution >= 0.6 is 23.2 Å². The zero-order valence-corrected chi connectivity index (χ0v) is 33.5. The zero-order valence-electron chi connectivity index (χ0n) is 31.2. The second-order valence-electron chi connectivity index (χ2n) is 14.8. The number of nitrogens with zero attached hydrogens (tertiary/aromatic N) is 3. The Morgan fingerprint density at radius 3 is 2.29 bits per heavy atom. The standard InChI is InChI=1S/C39H48Cl2F2N4O7S/c1-24-21-46(25(2)18-45-24)13-4-14-47(55(3,49)50)33-11-9-29(16-36(33)51-22-26-5-6-26)38(48)53-35(17-30-31(40)19-44-20-32(30)41)28-10-12-34(54-39(42)43)37(15-28)52-23-27-7-8-27/h9-12,15-16,19-20,24-27,35,39,45H,4-8,13-14,17-18,21-23H2,1-3H3/t24-,25+,35+/m1/s1. The predicted molar refractivity (Wildman–Crippen MR) is 207 cm³/mol. The number of pyridine rings is 1. The molecule has 55 heavy (non-hydrogen) atoms. The number of sulfonamides is 1. The van der Waals surface area contributed by atoms with Crippen LogP contribution in [0.25, 0.3) is 0 Å². The maximum Gasteiger partial charge on any atom is 0.387 e. The normalized spacial score (nSPS) is 19.6. The quantitative estimate of drug-likeness (QED) is 0.122. The SMILES string of the molecule is C[C@@H]1CN(CCCN(c2ccc(C(=O)O[C@@H](Cc3c(Cl)cncc3Cl)c3ccc(OC(F)F)c(OCC4CC4)c3)cc2OCC2CC2)S(C)(=O)=O)[C@@H](C)CN1. The number of hydrogen-bond acceptors (Lipinski definition) is 10. The van der Waals surface area contributed by atoms with Crippen molar-refractivity contribution in [3.05, 3.63) is 75.5 Å². The van der Waals surface area contributed by atoms with Crippen molar-refractivity contribution in [2.75, 3.05) is 50.0 Å². The molecule has 2 aromatic carbocycles. The molecule has 16 heteroatoms. The van der Waals surface area contributed by atoms with E-state index in [2.05, 4.69) is 29.0 Å². The summed E-state index contributed by atoms with van der Waals surface area (Å²) in [6.45, 7) is 4.58. The van der Waals surface area contributed by atoms with Crippen molar-refractivity contribution in [1.29, 1.82) is 0 Å². The maximum absolute atomic E-state index is 14.0. The summed E-state index contributed by atoms with van der Waals surface area (Å²) in [4.78, 5) is 20.4. The number of rotatable bonds is 19. The Morgan fingerprint density at radius 2 is 1.65 bits per heavy atom. The van der Waals surface area contributed by atoms with Gasteiger partial charge >= 0.3 is 12.6 Å². The summed E-state index contributed by atoms with van der Waals surface area (Å²) in [5.74, 6) is 0.111. The van der Waals surface area contributed by atoms with Crippen LogP contribution in [-0.2, 0) is 21.2 Å². The molecular formula is C39H48Cl2F2N4O7S. The molecule has 300 valence electrons. The number of nitrogens with one attached hydrogen (secondary N) is 1. The van der Waals surface area contributed by atoms with E-state index < -0.39 is 28.7 Å². The van der Waals surface area contributed by atoms with Crippen molar-refractivity contribution >= 4 is 44.9 Å². The lowest BCUT2D eigenvalue weighted by Crippen LogP contribution is -2.54. The summed E-state index contributed by atoms with van der Waals surface area (Å²) in [7, 11) is -3.74. The van der Waals surface area contributed by atoms with Gasteiger partial charge in [-0.2, -0.15) is 8.78 Å². The van der Waals surface area contributed by atoms with Crippen LogP contribution in [-0.4, -0.2) is 88.6 Å². The third-order valence-corrected chi connectivity index (χ3v) is 11.9. The minimum atomic E-state index is -3.74. The molecule has 0 bridgehead atoms. The number of alkyl halides is 2. The summed E-state index contributed by atoms with van der Waals surface area (Å²) >= 11 is 13.0. The van der Waals surface area contributed by atoms with Gasteiger partial charge in [-0.15, -0.1) is 0 Å². The van der Waals surface area contributed by atoms with E-state index in [1.54, 1.807) is 6.07 Å². The Morgan fingerprint density at radius 1 is 0.982 bits per heavy atom. The first-order chi connectivity index (χ1) is 26.2. The van der Waals surface area contributed by atoms with Gasteiger partial charge < -0.3 is 24.3 Å². The van der Waals surface area contributed by atoms with Gasteiger partial charge in [-0.25, -0.2) is 13.2 Å². The molecule has 1 N–H and O–H groups in total. The Labute approximate surface area is 331 Å². The second kappa shape index (κ2) is 18.2. The largest absolute Gasteiger partial charge is 0.491 e. The molecule has 1 aromatic heterocycles. The van der Waals surface area contributed by atoms with Crippen LogP contribution in [0.1, 0.15) is 73.5 Å². The van der Waals surface area contributed by atoms with Crippen LogP contribution in [0.2, 0.25) is 10.0 Å². The van der Waals surface area contributed by atoms with Gasteiger partial charge in [0.2, 0.25) is 10.0 Å². The Balaban J connectivity index is 1.28. The molecule has 2 aliphatic carbocycles. The van der Waals surface area contributed by atoms with E-state index in [1.165, 1.54) is 47.0 Å². The molecule has 2 heterocycles. The number of aromatic nitrogens is 1. The minimum absolute atomic E-state index is 0.0124. The number of esters is 1. The fraction of sp³-hybridized carbons (Fsp3) is 0.538. The zero-order chi connectivity index (χ0) is 39.3. The molecule has 0 amide bonds. The van der Waals surface area contributed by atoms with Gasteiger partial charge in [0.1, 0.15) is 11.9 Å². The first-order valence-electron chi connectivity index (χ1n) is 18.7. The first kappa shape index (κ1) is 41.2. The van der Waals surface area contributed by atoms with Crippen molar-refractivity contribution in [2.45, 2.75) is 77.2 Å². The van der Waals surface area contributed by atoms with Crippen LogP contribution in [0.3, 0.4) is 0 Å². The Hall–Kier alpha value is -3.43. The smallest absolute Gasteiger partial charge is 0.387 e. The average Bonchev–Trinajstić information content (AvgIpc) is 4.07. The van der Waals surface area contributed by atoms with E-state index in [0.717, 1.165) is 51.6 Å². The number of carbonyl (C=O) groups excluding carboxylic acids is 1. The minimum Gasteiger partial charge on any atom is -0.491 e. The van der Waals surface area contributed by atoms with Crippen LogP contribution in [0.5, 0.6) is 17.2 Å². The Kier molecular flexibility index (Phi) is 13.7. The first-order valence-corrected chi connectivity index (χ1v) is 21.3. The third kappa shape index (κ3) is 11.6. The molecule has 2 saturated carbocycles. The van der Waals surface area contributed by atoms with Crippen molar-refractivity contribution in [2.24, 2.45) is 11.8 Å². The highest BCUT2D eigenvalue weighted by Gasteiger charge is 2.30. The molecule has 3 aromatic rings. The average molecular weight is 826 g/mol. The van der Waals surface area contributed by atoms with Gasteiger partial charge in [0.15, 0.2) is 11.5 Å². The third-order valence-electron chi connectivity index (χ3n) is 10.1. The molecule has 0 unspecified atom stereocenters. The van der Waals surface area contributed by atoms with Gasteiger partial charge in [0.05, 0.1) is 40.8 Å². The highest BCUT2D eigenvalue weighted by atomic mass is 35.5. The molecule has 6 rings (SSSR count). The fourth-order valence-corrected chi connectivity index (χ4v) is 8.00. The summed E-state index contributed by atoms with van der Waals surface area (Å²) in [6, 6.07) is 9.63. The number of benzene rings is 2. The number of piperazine rings is 1. The molecule has 0 spiro atoms. The van der Waals surface area contributed by atoms with Crippen molar-refractivity contribution in [3.8, 4) is 17.2 Å². The number of anilines is 1. The van der Waals surface area contributed by atoms with E-state index >= 15 is 0 Å². The number of hydrogen-bond donors (Lipinski definition) is 1. The lowest BCUT2D eigenvalue weighted by atomic mass is 10.0. The van der Waals surface area contributed by atoms with E-state index in [9.17, 15) is 22.0 Å². The lowest BCUT2D eigenvalue weighted by Gasteiger charge is -2.38. The van der Waals surface area contributed by atoms with E-state index in [1.807, 2.05) is 0 Å². The van der Waals surface area contributed by atoms with Crippen molar-refractivity contribution < 1.29 is 40.9 Å². The molecule has 0 radical (unpaired) electrons. The number of carbonyl (C=O) groups is 1. The topological polar surface area (TPSA) is 120 Å². The monoisotopic (exact) mass is 824 g/mol. The van der Waals surface area contributed by atoms with Crippen LogP contribution in [0.4, 0.5) is 14.5 Å². The highest BCUT2D eigenvalue weighted by molar-refractivity contribution is 7.92. The number of halogens is 4. The van der Waals surface area contributed by atoms with Crippen molar-refractivity contribution in [1.82, 2.24) is 15.2 Å². The van der Waals surface area contributed by atoms with Crippen LogP contribution in [0.15, 0.2) is 48.8 Å². The molecule has 11 nitrogen and oxygen atoms in total. The maximum atomic E-state index is 14.0. The molecular weight excluding hydrogens is 777 g/mol. The molecule has 3 atom stereocenters. The molecule has 3 aliphatic rings. The second-order valence-corrected chi connectivity index (χ2v) is 17.5. The van der Waals surface area contributed by atoms with Gasteiger partial charge in [0, 0.05) is 57.1 Å². The lowest BCUT2D eigenvalue weighted by molar-refractivity contribution is -0.0515.